The molecule has 2 aromatic rings. The van der Waals surface area contributed by atoms with Crippen molar-refractivity contribution in [1.29, 1.82) is 0 Å². The number of benzene rings is 2. The van der Waals surface area contributed by atoms with Gasteiger partial charge in [0.2, 0.25) is 0 Å². The molecule has 1 fully saturated rings. The second-order valence-corrected chi connectivity index (χ2v) is 6.74. The fraction of sp³-hybridized carbons (Fsp3) is 0.412. The maximum Gasteiger partial charge on any atom is 0.134 e. The number of halogens is 1. The van der Waals surface area contributed by atoms with Crippen molar-refractivity contribution in [3.05, 3.63) is 40.9 Å². The van der Waals surface area contributed by atoms with Crippen molar-refractivity contribution in [2.75, 3.05) is 6.61 Å². The number of ether oxygens (including phenoxy) is 2. The fourth-order valence-corrected chi connectivity index (χ4v) is 3.31. The molecule has 3 heteroatoms. The third kappa shape index (κ3) is 2.84. The number of fused-ring (bicyclic) bond motifs is 1. The van der Waals surface area contributed by atoms with Crippen molar-refractivity contribution in [1.82, 2.24) is 0 Å². The molecule has 0 N–H and O–H groups in total. The normalized spacial score (nSPS) is 21.2. The molecule has 2 aromatic carbocycles. The number of hydrogen-bond acceptors (Lipinski definition) is 2. The maximum atomic E-state index is 5.96. The van der Waals surface area contributed by atoms with Crippen LogP contribution in [0, 0.1) is 0 Å². The van der Waals surface area contributed by atoms with Crippen LogP contribution in [0.5, 0.6) is 5.75 Å². The molecule has 0 aliphatic carbocycles. The maximum absolute atomic E-state index is 5.96. The lowest BCUT2D eigenvalue weighted by atomic mass is 10.1. The highest BCUT2D eigenvalue weighted by Gasteiger charge is 2.32. The van der Waals surface area contributed by atoms with Crippen molar-refractivity contribution >= 4 is 26.7 Å². The van der Waals surface area contributed by atoms with E-state index in [0.29, 0.717) is 6.61 Å². The second kappa shape index (κ2) is 5.38. The van der Waals surface area contributed by atoms with E-state index in [4.69, 9.17) is 9.47 Å². The molecule has 1 aliphatic rings. The molecule has 20 heavy (non-hydrogen) atoms. The average molecular weight is 335 g/mol. The van der Waals surface area contributed by atoms with Gasteiger partial charge in [-0.15, -0.1) is 0 Å². The predicted molar refractivity (Wildman–Crippen MR) is 85.3 cm³/mol. The summed E-state index contributed by atoms with van der Waals surface area (Å²) >= 11 is 3.65. The Labute approximate surface area is 128 Å². The highest BCUT2D eigenvalue weighted by Crippen LogP contribution is 2.34. The van der Waals surface area contributed by atoms with Gasteiger partial charge in [0.15, 0.2) is 0 Å². The van der Waals surface area contributed by atoms with Crippen LogP contribution in [0.1, 0.15) is 26.7 Å². The van der Waals surface area contributed by atoms with Gasteiger partial charge in [0, 0.05) is 0 Å². The van der Waals surface area contributed by atoms with Gasteiger partial charge >= 0.3 is 0 Å². The molecular weight excluding hydrogens is 316 g/mol. The highest BCUT2D eigenvalue weighted by atomic mass is 79.9. The molecule has 0 amide bonds. The van der Waals surface area contributed by atoms with E-state index in [9.17, 15) is 0 Å². The van der Waals surface area contributed by atoms with Crippen LogP contribution in [0.3, 0.4) is 0 Å². The molecule has 3 rings (SSSR count). The Kier molecular flexibility index (Phi) is 3.74. The van der Waals surface area contributed by atoms with Crippen LogP contribution in [0.25, 0.3) is 10.8 Å². The summed E-state index contributed by atoms with van der Waals surface area (Å²) in [5.41, 5.74) is -0.00531. The topological polar surface area (TPSA) is 18.5 Å². The molecule has 0 spiro atoms. The van der Waals surface area contributed by atoms with E-state index in [1.807, 2.05) is 18.2 Å². The van der Waals surface area contributed by atoms with E-state index in [2.05, 4.69) is 48.0 Å². The standard InChI is InChI=1S/C17H19BrO2/c1-17(2)10-9-13(20-17)11-19-15-8-7-12-5-3-4-6-14(12)16(15)18/h3-8,13H,9-11H2,1-2H3. The van der Waals surface area contributed by atoms with Crippen LogP contribution >= 0.6 is 15.9 Å². The molecule has 2 nitrogen and oxygen atoms in total. The lowest BCUT2D eigenvalue weighted by molar-refractivity contribution is -0.0327. The Hall–Kier alpha value is -1.06. The van der Waals surface area contributed by atoms with Crippen LogP contribution < -0.4 is 4.74 Å². The Morgan fingerprint density at radius 3 is 2.80 bits per heavy atom. The predicted octanol–water partition coefficient (Wildman–Crippen LogP) is 4.94. The summed E-state index contributed by atoms with van der Waals surface area (Å²) in [6.45, 7) is 4.89. The summed E-state index contributed by atoms with van der Waals surface area (Å²) in [4.78, 5) is 0. The van der Waals surface area contributed by atoms with Gasteiger partial charge in [0.25, 0.3) is 0 Å². The molecule has 0 bridgehead atoms. The van der Waals surface area contributed by atoms with Gasteiger partial charge < -0.3 is 9.47 Å². The van der Waals surface area contributed by atoms with E-state index >= 15 is 0 Å². The van der Waals surface area contributed by atoms with E-state index in [1.54, 1.807) is 0 Å². The Bertz CT molecular complexity index is 621. The summed E-state index contributed by atoms with van der Waals surface area (Å²) in [7, 11) is 0. The SMILES string of the molecule is CC1(C)CCC(COc2ccc3ccccc3c2Br)O1. The van der Waals surface area contributed by atoms with Gasteiger partial charge in [-0.1, -0.05) is 30.3 Å². The molecule has 1 atom stereocenters. The summed E-state index contributed by atoms with van der Waals surface area (Å²) in [5.74, 6) is 0.886. The Morgan fingerprint density at radius 2 is 2.05 bits per heavy atom. The third-order valence-electron chi connectivity index (χ3n) is 3.81. The van der Waals surface area contributed by atoms with Crippen LogP contribution in [-0.4, -0.2) is 18.3 Å². The third-order valence-corrected chi connectivity index (χ3v) is 4.62. The average Bonchev–Trinajstić information content (AvgIpc) is 2.78. The molecule has 1 saturated heterocycles. The molecule has 1 heterocycles. The summed E-state index contributed by atoms with van der Waals surface area (Å²) in [6.07, 6.45) is 2.36. The first-order valence-corrected chi connectivity index (χ1v) is 7.82. The molecule has 106 valence electrons. The smallest absolute Gasteiger partial charge is 0.134 e. The van der Waals surface area contributed by atoms with Crippen molar-refractivity contribution in [2.24, 2.45) is 0 Å². The fourth-order valence-electron chi connectivity index (χ4n) is 2.70. The van der Waals surface area contributed by atoms with Crippen LogP contribution in [0.4, 0.5) is 0 Å². The van der Waals surface area contributed by atoms with Crippen LogP contribution in [0.2, 0.25) is 0 Å². The molecule has 0 radical (unpaired) electrons. The molecule has 1 aliphatic heterocycles. The Balaban J connectivity index is 1.73. The van der Waals surface area contributed by atoms with E-state index in [-0.39, 0.29) is 11.7 Å². The van der Waals surface area contributed by atoms with Crippen LogP contribution in [0.15, 0.2) is 40.9 Å². The number of hydrogen-bond donors (Lipinski definition) is 0. The van der Waals surface area contributed by atoms with Gasteiger partial charge in [0.05, 0.1) is 16.2 Å². The quantitative estimate of drug-likeness (QED) is 0.791. The van der Waals surface area contributed by atoms with Gasteiger partial charge in [-0.25, -0.2) is 0 Å². The summed E-state index contributed by atoms with van der Waals surface area (Å²) in [5, 5.41) is 2.39. The Morgan fingerprint density at radius 1 is 1.25 bits per heavy atom. The van der Waals surface area contributed by atoms with Gasteiger partial charge in [-0.3, -0.25) is 0 Å². The number of rotatable bonds is 3. The second-order valence-electron chi connectivity index (χ2n) is 5.95. The first kappa shape index (κ1) is 13.9. The highest BCUT2D eigenvalue weighted by molar-refractivity contribution is 9.10. The minimum atomic E-state index is -0.00531. The largest absolute Gasteiger partial charge is 0.490 e. The molecule has 1 unspecified atom stereocenters. The molecular formula is C17H19BrO2. The van der Waals surface area contributed by atoms with Crippen molar-refractivity contribution in [3.63, 3.8) is 0 Å². The minimum Gasteiger partial charge on any atom is -0.490 e. The van der Waals surface area contributed by atoms with E-state index in [0.717, 1.165) is 23.1 Å². The molecule has 0 saturated carbocycles. The molecule has 0 aromatic heterocycles. The van der Waals surface area contributed by atoms with E-state index < -0.39 is 0 Å². The monoisotopic (exact) mass is 334 g/mol. The van der Waals surface area contributed by atoms with Crippen LogP contribution in [-0.2, 0) is 4.74 Å². The minimum absolute atomic E-state index is 0.00531. The zero-order valence-corrected chi connectivity index (χ0v) is 13.4. The first-order chi connectivity index (χ1) is 9.55. The van der Waals surface area contributed by atoms with Crippen molar-refractivity contribution in [2.45, 2.75) is 38.4 Å². The lowest BCUT2D eigenvalue weighted by Gasteiger charge is -2.19. The first-order valence-electron chi connectivity index (χ1n) is 7.03. The summed E-state index contributed by atoms with van der Waals surface area (Å²) in [6, 6.07) is 12.4. The van der Waals surface area contributed by atoms with Crippen molar-refractivity contribution in [3.8, 4) is 5.75 Å². The summed E-state index contributed by atoms with van der Waals surface area (Å²) < 4.78 is 12.9. The zero-order valence-electron chi connectivity index (χ0n) is 11.9. The lowest BCUT2D eigenvalue weighted by Crippen LogP contribution is -2.23. The van der Waals surface area contributed by atoms with Gasteiger partial charge in [-0.05, 0) is 59.5 Å². The van der Waals surface area contributed by atoms with Gasteiger partial charge in [0.1, 0.15) is 12.4 Å². The zero-order chi connectivity index (χ0) is 14.2. The van der Waals surface area contributed by atoms with E-state index in [1.165, 1.54) is 10.8 Å². The van der Waals surface area contributed by atoms with Crippen molar-refractivity contribution < 1.29 is 9.47 Å². The van der Waals surface area contributed by atoms with Gasteiger partial charge in [-0.2, -0.15) is 0 Å².